The molecule has 0 bridgehead atoms. The molecular formula is C11H10ClN5. The van der Waals surface area contributed by atoms with E-state index in [2.05, 4.69) is 15.1 Å². The largest absolute Gasteiger partial charge is 0.335 e. The third kappa shape index (κ3) is 1.59. The van der Waals surface area contributed by atoms with Gasteiger partial charge >= 0.3 is 0 Å². The van der Waals surface area contributed by atoms with Crippen LogP contribution >= 0.6 is 11.6 Å². The van der Waals surface area contributed by atoms with E-state index in [-0.39, 0.29) is 5.28 Å². The van der Waals surface area contributed by atoms with E-state index in [1.165, 1.54) is 0 Å². The van der Waals surface area contributed by atoms with Crippen molar-refractivity contribution in [2.75, 3.05) is 0 Å². The Morgan fingerprint density at radius 2 is 2.06 bits per heavy atom. The van der Waals surface area contributed by atoms with Gasteiger partial charge in [0, 0.05) is 37.4 Å². The zero-order valence-corrected chi connectivity index (χ0v) is 10.2. The average molecular weight is 248 g/mol. The van der Waals surface area contributed by atoms with Crippen LogP contribution in [0, 0.1) is 0 Å². The van der Waals surface area contributed by atoms with Gasteiger partial charge in [-0.2, -0.15) is 10.1 Å². The number of fused-ring (bicyclic) bond motifs is 1. The smallest absolute Gasteiger partial charge is 0.224 e. The van der Waals surface area contributed by atoms with Crippen molar-refractivity contribution in [1.82, 2.24) is 24.3 Å². The highest BCUT2D eigenvalue weighted by Gasteiger charge is 2.12. The van der Waals surface area contributed by atoms with E-state index in [0.717, 1.165) is 22.3 Å². The number of rotatable bonds is 1. The molecule has 0 saturated heterocycles. The lowest BCUT2D eigenvalue weighted by molar-refractivity contribution is 0.768. The summed E-state index contributed by atoms with van der Waals surface area (Å²) in [4.78, 5) is 8.50. The van der Waals surface area contributed by atoms with Gasteiger partial charge in [-0.1, -0.05) is 0 Å². The lowest BCUT2D eigenvalue weighted by Gasteiger charge is -2.01. The number of aromatic nitrogens is 5. The van der Waals surface area contributed by atoms with Crippen LogP contribution in [0.2, 0.25) is 5.28 Å². The van der Waals surface area contributed by atoms with Gasteiger partial charge in [-0.25, -0.2) is 4.98 Å². The summed E-state index contributed by atoms with van der Waals surface area (Å²) in [6, 6.07) is 1.98. The van der Waals surface area contributed by atoms with E-state index >= 15 is 0 Å². The molecule has 3 heterocycles. The molecule has 0 saturated carbocycles. The number of hydrogen-bond acceptors (Lipinski definition) is 3. The second kappa shape index (κ2) is 3.56. The molecule has 17 heavy (non-hydrogen) atoms. The second-order valence-electron chi connectivity index (χ2n) is 3.91. The van der Waals surface area contributed by atoms with E-state index < -0.39 is 0 Å². The Labute approximate surface area is 103 Å². The highest BCUT2D eigenvalue weighted by atomic mass is 35.5. The van der Waals surface area contributed by atoms with E-state index in [1.54, 1.807) is 10.9 Å². The SMILES string of the molecule is Cn1cc(-c2nc(Cl)nc3c2ccn3C)cn1. The van der Waals surface area contributed by atoms with Crippen LogP contribution in [-0.4, -0.2) is 24.3 Å². The summed E-state index contributed by atoms with van der Waals surface area (Å²) in [6.45, 7) is 0. The lowest BCUT2D eigenvalue weighted by Crippen LogP contribution is -1.93. The molecule has 0 radical (unpaired) electrons. The van der Waals surface area contributed by atoms with Crippen LogP contribution in [0.3, 0.4) is 0 Å². The second-order valence-corrected chi connectivity index (χ2v) is 4.25. The molecule has 3 aromatic rings. The molecule has 0 aromatic carbocycles. The van der Waals surface area contributed by atoms with Gasteiger partial charge < -0.3 is 4.57 Å². The van der Waals surface area contributed by atoms with Crippen molar-refractivity contribution in [2.45, 2.75) is 0 Å². The molecule has 6 heteroatoms. The summed E-state index contributed by atoms with van der Waals surface area (Å²) in [6.07, 6.45) is 5.62. The van der Waals surface area contributed by atoms with Crippen molar-refractivity contribution in [3.05, 3.63) is 29.9 Å². The first-order chi connectivity index (χ1) is 8.15. The molecule has 0 fully saturated rings. The maximum atomic E-state index is 5.95. The summed E-state index contributed by atoms with van der Waals surface area (Å²) in [7, 11) is 3.80. The minimum absolute atomic E-state index is 0.248. The topological polar surface area (TPSA) is 48.5 Å². The molecule has 0 atom stereocenters. The molecule has 0 aliphatic carbocycles. The van der Waals surface area contributed by atoms with Gasteiger partial charge in [-0.15, -0.1) is 0 Å². The van der Waals surface area contributed by atoms with Gasteiger partial charge in [0.05, 0.1) is 11.9 Å². The quantitative estimate of drug-likeness (QED) is 0.618. The molecule has 3 aromatic heterocycles. The number of hydrogen-bond donors (Lipinski definition) is 0. The van der Waals surface area contributed by atoms with Gasteiger partial charge in [0.15, 0.2) is 0 Å². The average Bonchev–Trinajstić information content (AvgIpc) is 2.86. The van der Waals surface area contributed by atoms with Crippen molar-refractivity contribution in [3.8, 4) is 11.3 Å². The van der Waals surface area contributed by atoms with Gasteiger partial charge in [0.1, 0.15) is 5.65 Å². The molecule has 0 N–H and O–H groups in total. The third-order valence-corrected chi connectivity index (χ3v) is 2.84. The van der Waals surface area contributed by atoms with Gasteiger partial charge in [-0.05, 0) is 17.7 Å². The van der Waals surface area contributed by atoms with Crippen LogP contribution in [0.15, 0.2) is 24.7 Å². The molecule has 5 nitrogen and oxygen atoms in total. The van der Waals surface area contributed by atoms with Crippen LogP contribution in [0.25, 0.3) is 22.3 Å². The van der Waals surface area contributed by atoms with Crippen LogP contribution in [0.1, 0.15) is 0 Å². The fourth-order valence-electron chi connectivity index (χ4n) is 1.87. The summed E-state index contributed by atoms with van der Waals surface area (Å²) < 4.78 is 3.66. The summed E-state index contributed by atoms with van der Waals surface area (Å²) in [5.41, 5.74) is 2.57. The van der Waals surface area contributed by atoms with Crippen LogP contribution in [0.4, 0.5) is 0 Å². The fourth-order valence-corrected chi connectivity index (χ4v) is 2.04. The molecule has 0 unspecified atom stereocenters. The Morgan fingerprint density at radius 3 is 2.76 bits per heavy atom. The highest BCUT2D eigenvalue weighted by molar-refractivity contribution is 6.28. The Bertz CT molecular complexity index is 697. The Balaban J connectivity index is 2.35. The Morgan fingerprint density at radius 1 is 1.24 bits per heavy atom. The molecule has 3 rings (SSSR count). The van der Waals surface area contributed by atoms with Crippen LogP contribution < -0.4 is 0 Å². The monoisotopic (exact) mass is 247 g/mol. The van der Waals surface area contributed by atoms with E-state index in [1.807, 2.05) is 37.1 Å². The number of halogens is 1. The third-order valence-electron chi connectivity index (χ3n) is 2.68. The van der Waals surface area contributed by atoms with Crippen molar-refractivity contribution in [1.29, 1.82) is 0 Å². The van der Waals surface area contributed by atoms with E-state index in [0.29, 0.717) is 0 Å². The minimum Gasteiger partial charge on any atom is -0.335 e. The molecular weight excluding hydrogens is 238 g/mol. The van der Waals surface area contributed by atoms with Gasteiger partial charge in [0.2, 0.25) is 5.28 Å². The van der Waals surface area contributed by atoms with Gasteiger partial charge in [-0.3, -0.25) is 4.68 Å². The molecule has 0 spiro atoms. The first-order valence-corrected chi connectivity index (χ1v) is 5.50. The number of aryl methyl sites for hydroxylation is 2. The van der Waals surface area contributed by atoms with Crippen molar-refractivity contribution in [3.63, 3.8) is 0 Å². The predicted octanol–water partition coefficient (Wildman–Crippen LogP) is 2.02. The Hall–Kier alpha value is -1.88. The maximum absolute atomic E-state index is 5.95. The van der Waals surface area contributed by atoms with Crippen LogP contribution in [-0.2, 0) is 14.1 Å². The van der Waals surface area contributed by atoms with Crippen molar-refractivity contribution in [2.24, 2.45) is 14.1 Å². The standard InChI is InChI=1S/C11H10ClN5/c1-16-4-3-8-9(7-5-13-17(2)6-7)14-11(12)15-10(8)16/h3-6H,1-2H3. The minimum atomic E-state index is 0.248. The predicted molar refractivity (Wildman–Crippen MR) is 65.7 cm³/mol. The first-order valence-electron chi connectivity index (χ1n) is 5.13. The lowest BCUT2D eigenvalue weighted by atomic mass is 10.2. The summed E-state index contributed by atoms with van der Waals surface area (Å²) in [5, 5.41) is 5.37. The zero-order chi connectivity index (χ0) is 12.0. The summed E-state index contributed by atoms with van der Waals surface area (Å²) >= 11 is 5.95. The molecule has 0 aliphatic rings. The number of nitrogens with zero attached hydrogens (tertiary/aromatic N) is 5. The van der Waals surface area contributed by atoms with Crippen LogP contribution in [0.5, 0.6) is 0 Å². The van der Waals surface area contributed by atoms with E-state index in [4.69, 9.17) is 11.6 Å². The molecule has 0 amide bonds. The molecule has 0 aliphatic heterocycles. The normalized spacial score (nSPS) is 11.2. The Kier molecular flexibility index (Phi) is 2.16. The molecule has 86 valence electrons. The van der Waals surface area contributed by atoms with Crippen molar-refractivity contribution < 1.29 is 0 Å². The zero-order valence-electron chi connectivity index (χ0n) is 9.42. The highest BCUT2D eigenvalue weighted by Crippen LogP contribution is 2.27. The van der Waals surface area contributed by atoms with Crippen molar-refractivity contribution >= 4 is 22.6 Å². The summed E-state index contributed by atoms with van der Waals surface area (Å²) in [5.74, 6) is 0. The maximum Gasteiger partial charge on any atom is 0.224 e. The van der Waals surface area contributed by atoms with E-state index in [9.17, 15) is 0 Å². The van der Waals surface area contributed by atoms with Gasteiger partial charge in [0.25, 0.3) is 0 Å². The first kappa shape index (κ1) is 10.3. The fraction of sp³-hybridized carbons (Fsp3) is 0.182.